The van der Waals surface area contributed by atoms with E-state index >= 15 is 0 Å². The minimum atomic E-state index is 0.0760. The standard InChI is InChI=1S/C18H22N4O2S/c1-24-17-3-2-6-19-16(17)10-21-7-13-4-5-15(9-21)22(18(13)23)8-14-11-25-12-20-14/h2-3,6,11-13,15H,4-5,7-10H2,1H3/t13-,15+/m0/s1. The number of methoxy groups -OCH3 is 1. The number of carbonyl (C=O) groups is 1. The molecule has 2 aromatic rings. The number of rotatable bonds is 5. The third kappa shape index (κ3) is 3.39. The van der Waals surface area contributed by atoms with E-state index in [-0.39, 0.29) is 17.9 Å². The minimum Gasteiger partial charge on any atom is -0.495 e. The van der Waals surface area contributed by atoms with Crippen LogP contribution in [0.4, 0.5) is 0 Å². The van der Waals surface area contributed by atoms with Gasteiger partial charge in [0.25, 0.3) is 0 Å². The summed E-state index contributed by atoms with van der Waals surface area (Å²) in [4.78, 5) is 26.1. The number of nitrogens with zero attached hydrogens (tertiary/aromatic N) is 4. The summed E-state index contributed by atoms with van der Waals surface area (Å²) >= 11 is 1.58. The van der Waals surface area contributed by atoms with Crippen LogP contribution in [0.25, 0.3) is 0 Å². The van der Waals surface area contributed by atoms with Gasteiger partial charge in [-0.05, 0) is 25.0 Å². The second-order valence-corrected chi connectivity index (χ2v) is 7.44. The van der Waals surface area contributed by atoms with Crippen molar-refractivity contribution < 1.29 is 9.53 Å². The van der Waals surface area contributed by atoms with Crippen molar-refractivity contribution in [2.45, 2.75) is 32.0 Å². The molecule has 3 saturated heterocycles. The van der Waals surface area contributed by atoms with Crippen LogP contribution in [0.1, 0.15) is 24.2 Å². The van der Waals surface area contributed by atoms with Gasteiger partial charge >= 0.3 is 0 Å². The van der Waals surface area contributed by atoms with E-state index < -0.39 is 0 Å². The summed E-state index contributed by atoms with van der Waals surface area (Å²) in [5.74, 6) is 1.16. The Balaban J connectivity index is 1.51. The van der Waals surface area contributed by atoms with E-state index in [2.05, 4.69) is 14.9 Å². The van der Waals surface area contributed by atoms with E-state index in [0.717, 1.165) is 49.6 Å². The predicted molar refractivity (Wildman–Crippen MR) is 95.2 cm³/mol. The third-order valence-corrected chi connectivity index (χ3v) is 5.76. The first-order chi connectivity index (χ1) is 12.2. The van der Waals surface area contributed by atoms with Crippen LogP contribution in [-0.2, 0) is 17.9 Å². The Morgan fingerprint density at radius 3 is 3.00 bits per heavy atom. The van der Waals surface area contributed by atoms with Gasteiger partial charge in [-0.3, -0.25) is 14.7 Å². The highest BCUT2D eigenvalue weighted by Gasteiger charge is 2.40. The number of hydrogen-bond acceptors (Lipinski definition) is 6. The average Bonchev–Trinajstić information content (AvgIpc) is 3.01. The maximum absolute atomic E-state index is 12.9. The molecule has 25 heavy (non-hydrogen) atoms. The van der Waals surface area contributed by atoms with Crippen molar-refractivity contribution in [2.24, 2.45) is 5.92 Å². The molecule has 5 heterocycles. The van der Waals surface area contributed by atoms with E-state index in [0.29, 0.717) is 6.54 Å². The van der Waals surface area contributed by atoms with Crippen LogP contribution >= 0.6 is 11.3 Å². The van der Waals surface area contributed by atoms with Crippen LogP contribution in [-0.4, -0.2) is 51.9 Å². The molecule has 0 unspecified atom stereocenters. The Morgan fingerprint density at radius 2 is 2.20 bits per heavy atom. The van der Waals surface area contributed by atoms with Crippen molar-refractivity contribution in [3.8, 4) is 5.75 Å². The molecule has 2 aromatic heterocycles. The molecule has 0 aromatic carbocycles. The van der Waals surface area contributed by atoms with Gasteiger partial charge in [0.15, 0.2) is 0 Å². The van der Waals surface area contributed by atoms with E-state index in [9.17, 15) is 4.79 Å². The molecule has 3 fully saturated rings. The summed E-state index contributed by atoms with van der Waals surface area (Å²) in [6, 6.07) is 4.07. The molecule has 0 N–H and O–H groups in total. The van der Waals surface area contributed by atoms with Gasteiger partial charge in [0.2, 0.25) is 5.91 Å². The lowest BCUT2D eigenvalue weighted by molar-refractivity contribution is -0.140. The quantitative estimate of drug-likeness (QED) is 0.820. The molecule has 7 heteroatoms. The van der Waals surface area contributed by atoms with Crippen LogP contribution in [0.15, 0.2) is 29.2 Å². The van der Waals surface area contributed by atoms with Crippen molar-refractivity contribution in [1.29, 1.82) is 0 Å². The molecular formula is C18H22N4O2S. The summed E-state index contributed by atoms with van der Waals surface area (Å²) in [7, 11) is 1.67. The molecule has 2 atom stereocenters. The van der Waals surface area contributed by atoms with Crippen LogP contribution in [0, 0.1) is 5.92 Å². The Morgan fingerprint density at radius 1 is 1.28 bits per heavy atom. The second-order valence-electron chi connectivity index (χ2n) is 6.72. The first-order valence-corrected chi connectivity index (χ1v) is 9.56. The number of aromatic nitrogens is 2. The maximum atomic E-state index is 12.9. The molecule has 0 radical (unpaired) electrons. The number of piperidine rings is 1. The summed E-state index contributed by atoms with van der Waals surface area (Å²) < 4.78 is 5.43. The van der Waals surface area contributed by atoms with Crippen molar-refractivity contribution in [1.82, 2.24) is 19.8 Å². The highest BCUT2D eigenvalue weighted by atomic mass is 32.1. The summed E-state index contributed by atoms with van der Waals surface area (Å²) in [6.45, 7) is 3.02. The van der Waals surface area contributed by atoms with Gasteiger partial charge in [0.05, 0.1) is 36.5 Å². The smallest absolute Gasteiger partial charge is 0.227 e. The van der Waals surface area contributed by atoms with Gasteiger partial charge < -0.3 is 9.64 Å². The van der Waals surface area contributed by atoms with E-state index in [1.54, 1.807) is 24.6 Å². The number of fused-ring (bicyclic) bond motifs is 4. The van der Waals surface area contributed by atoms with Crippen LogP contribution in [0.2, 0.25) is 0 Å². The van der Waals surface area contributed by atoms with Gasteiger partial charge in [-0.2, -0.15) is 0 Å². The molecule has 5 rings (SSSR count). The monoisotopic (exact) mass is 358 g/mol. The fourth-order valence-corrected chi connectivity index (χ4v) is 4.45. The molecule has 0 aliphatic carbocycles. The number of ether oxygens (including phenoxy) is 1. The molecule has 0 saturated carbocycles. The fourth-order valence-electron chi connectivity index (χ4n) is 3.90. The van der Waals surface area contributed by atoms with Crippen molar-refractivity contribution in [3.63, 3.8) is 0 Å². The summed E-state index contributed by atoms with van der Waals surface area (Å²) in [5, 5.41) is 2.03. The topological polar surface area (TPSA) is 58.6 Å². The minimum absolute atomic E-state index is 0.0760. The molecule has 3 aliphatic heterocycles. The molecular weight excluding hydrogens is 336 g/mol. The number of hydrogen-bond donors (Lipinski definition) is 0. The second kappa shape index (κ2) is 7.09. The molecule has 0 spiro atoms. The normalized spacial score (nSPS) is 23.7. The molecule has 3 aliphatic rings. The Hall–Kier alpha value is -1.99. The van der Waals surface area contributed by atoms with Gasteiger partial charge in [-0.25, -0.2) is 4.98 Å². The van der Waals surface area contributed by atoms with Crippen molar-refractivity contribution >= 4 is 17.2 Å². The summed E-state index contributed by atoms with van der Waals surface area (Å²) in [5.41, 5.74) is 3.75. The van der Waals surface area contributed by atoms with Crippen LogP contribution < -0.4 is 4.74 Å². The highest BCUT2D eigenvalue weighted by Crippen LogP contribution is 2.31. The first-order valence-electron chi connectivity index (χ1n) is 8.62. The lowest BCUT2D eigenvalue weighted by Gasteiger charge is -2.35. The van der Waals surface area contributed by atoms with Crippen molar-refractivity contribution in [2.75, 3.05) is 20.2 Å². The van der Waals surface area contributed by atoms with E-state index in [4.69, 9.17) is 4.74 Å². The van der Waals surface area contributed by atoms with E-state index in [1.165, 1.54) is 0 Å². The zero-order valence-electron chi connectivity index (χ0n) is 14.3. The molecule has 2 bridgehead atoms. The lowest BCUT2D eigenvalue weighted by Crippen LogP contribution is -2.47. The zero-order valence-corrected chi connectivity index (χ0v) is 15.1. The Labute approximate surface area is 151 Å². The van der Waals surface area contributed by atoms with Crippen LogP contribution in [0.5, 0.6) is 5.75 Å². The lowest BCUT2D eigenvalue weighted by atomic mass is 9.94. The number of thiazole rings is 1. The largest absolute Gasteiger partial charge is 0.495 e. The van der Waals surface area contributed by atoms with Gasteiger partial charge in [-0.1, -0.05) is 0 Å². The van der Waals surface area contributed by atoms with Crippen molar-refractivity contribution in [3.05, 3.63) is 40.6 Å². The summed E-state index contributed by atoms with van der Waals surface area (Å²) in [6.07, 6.45) is 3.84. The Bertz CT molecular complexity index is 736. The van der Waals surface area contributed by atoms with Gasteiger partial charge in [0, 0.05) is 37.3 Å². The predicted octanol–water partition coefficient (Wildman–Crippen LogP) is 2.17. The van der Waals surface area contributed by atoms with Gasteiger partial charge in [-0.15, -0.1) is 11.3 Å². The van der Waals surface area contributed by atoms with Gasteiger partial charge in [0.1, 0.15) is 5.75 Å². The van der Waals surface area contributed by atoms with Crippen LogP contribution in [0.3, 0.4) is 0 Å². The zero-order chi connectivity index (χ0) is 17.2. The molecule has 1 amide bonds. The van der Waals surface area contributed by atoms with E-state index in [1.807, 2.05) is 27.9 Å². The number of pyridine rings is 1. The first kappa shape index (κ1) is 16.5. The number of amides is 1. The average molecular weight is 358 g/mol. The number of carbonyl (C=O) groups excluding carboxylic acids is 1. The SMILES string of the molecule is COc1cccnc1CN1C[C@@H]2CC[C@H](C1)N(Cc1cscn1)C2=O. The maximum Gasteiger partial charge on any atom is 0.227 e. The molecule has 6 nitrogen and oxygen atoms in total. The third-order valence-electron chi connectivity index (χ3n) is 5.13. The Kier molecular flexibility index (Phi) is 4.67. The fraction of sp³-hybridized carbons (Fsp3) is 0.500. The highest BCUT2D eigenvalue weighted by molar-refractivity contribution is 7.07. The molecule has 132 valence electrons.